The van der Waals surface area contributed by atoms with Crippen molar-refractivity contribution in [2.75, 3.05) is 23.7 Å². The molecule has 2 N–H and O–H groups in total. The van der Waals surface area contributed by atoms with E-state index in [0.29, 0.717) is 23.9 Å². The van der Waals surface area contributed by atoms with Crippen LogP contribution in [0.1, 0.15) is 4.88 Å². The van der Waals surface area contributed by atoms with Gasteiger partial charge in [0.2, 0.25) is 5.95 Å². The third kappa shape index (κ3) is 3.97. The van der Waals surface area contributed by atoms with Gasteiger partial charge in [0.15, 0.2) is 0 Å². The quantitative estimate of drug-likeness (QED) is 0.469. The van der Waals surface area contributed by atoms with E-state index < -0.39 is 0 Å². The summed E-state index contributed by atoms with van der Waals surface area (Å²) >= 11 is 1.40. The number of nitrogens with one attached hydrogen (secondary N) is 2. The maximum absolute atomic E-state index is 9.13. The van der Waals surface area contributed by atoms with Gasteiger partial charge < -0.3 is 15.2 Å². The fourth-order valence-corrected chi connectivity index (χ4v) is 3.39. The number of thiophene rings is 1. The molecule has 4 heterocycles. The average Bonchev–Trinajstić information content (AvgIpc) is 3.44. The molecule has 0 amide bonds. The summed E-state index contributed by atoms with van der Waals surface area (Å²) in [6, 6.07) is 11.6. The highest BCUT2D eigenvalue weighted by Crippen LogP contribution is 2.31. The van der Waals surface area contributed by atoms with Crippen LogP contribution in [0, 0.1) is 11.3 Å². The molecular weight excluding hydrogens is 372 g/mol. The molecule has 0 aliphatic carbocycles. The maximum atomic E-state index is 9.13. The van der Waals surface area contributed by atoms with Gasteiger partial charge in [-0.3, -0.25) is 0 Å². The van der Waals surface area contributed by atoms with Gasteiger partial charge in [0.1, 0.15) is 22.5 Å². The number of hydrogen-bond donors (Lipinski definition) is 2. The highest BCUT2D eigenvalue weighted by molar-refractivity contribution is 7.16. The second-order valence-corrected chi connectivity index (χ2v) is 6.83. The third-order valence-corrected chi connectivity index (χ3v) is 4.88. The molecular formula is C19H16N8S. The predicted molar refractivity (Wildman–Crippen MR) is 108 cm³/mol. The minimum atomic E-state index is 0.522. The zero-order valence-corrected chi connectivity index (χ0v) is 15.6. The predicted octanol–water partition coefficient (Wildman–Crippen LogP) is 3.18. The highest BCUT2D eigenvalue weighted by atomic mass is 32.1. The molecule has 0 saturated carbocycles. The molecule has 0 aromatic carbocycles. The summed E-state index contributed by atoms with van der Waals surface area (Å²) in [4.78, 5) is 19.0. The Balaban J connectivity index is 1.52. The summed E-state index contributed by atoms with van der Waals surface area (Å²) in [5.74, 6) is 1.34. The lowest BCUT2D eigenvalue weighted by Crippen LogP contribution is -2.16. The topological polar surface area (TPSA) is 104 Å². The van der Waals surface area contributed by atoms with Crippen molar-refractivity contribution in [3.63, 3.8) is 0 Å². The number of nitriles is 1. The Morgan fingerprint density at radius 1 is 1.07 bits per heavy atom. The molecule has 4 aromatic rings. The number of rotatable bonds is 7. The Hall–Kier alpha value is -3.77. The molecule has 0 unspecified atom stereocenters. The first-order valence-corrected chi connectivity index (χ1v) is 9.39. The van der Waals surface area contributed by atoms with Gasteiger partial charge in [-0.2, -0.15) is 5.26 Å². The summed E-state index contributed by atoms with van der Waals surface area (Å²) in [5, 5.41) is 15.6. The van der Waals surface area contributed by atoms with Crippen LogP contribution in [0.4, 0.5) is 11.8 Å². The van der Waals surface area contributed by atoms with Crippen molar-refractivity contribution >= 4 is 23.1 Å². The first-order chi connectivity index (χ1) is 13.8. The van der Waals surface area contributed by atoms with Gasteiger partial charge in [-0.05, 0) is 24.3 Å². The molecule has 138 valence electrons. The van der Waals surface area contributed by atoms with E-state index in [1.807, 2.05) is 35.0 Å². The van der Waals surface area contributed by atoms with Gasteiger partial charge in [-0.25, -0.2) is 19.9 Å². The smallest absolute Gasteiger partial charge is 0.223 e. The second-order valence-electron chi connectivity index (χ2n) is 5.74. The van der Waals surface area contributed by atoms with E-state index in [1.165, 1.54) is 11.3 Å². The lowest BCUT2D eigenvalue weighted by molar-refractivity contribution is 0.986. The van der Waals surface area contributed by atoms with Gasteiger partial charge in [0.25, 0.3) is 0 Å². The van der Waals surface area contributed by atoms with Crippen molar-refractivity contribution in [3.8, 4) is 22.3 Å². The highest BCUT2D eigenvalue weighted by Gasteiger charge is 2.13. The fraction of sp³-hybridized carbons (Fsp3) is 0.105. The average molecular weight is 388 g/mol. The Morgan fingerprint density at radius 3 is 2.75 bits per heavy atom. The summed E-state index contributed by atoms with van der Waals surface area (Å²) in [6.07, 6.45) is 8.74. The van der Waals surface area contributed by atoms with E-state index in [9.17, 15) is 0 Å². The Morgan fingerprint density at radius 2 is 2.00 bits per heavy atom. The standard InChI is InChI=1S/C19H16N8S/c20-11-14-4-5-16(28-14)18-15(27-10-9-21-13-27)12-25-19(26-18)24-8-7-23-17-3-1-2-6-22-17/h1-6,9-10,12-13H,7-8H2,(H,22,23)(H,24,25,26). The van der Waals surface area contributed by atoms with E-state index >= 15 is 0 Å². The molecule has 28 heavy (non-hydrogen) atoms. The van der Waals surface area contributed by atoms with Crippen molar-refractivity contribution in [1.82, 2.24) is 24.5 Å². The Labute approximate surface area is 165 Å². The van der Waals surface area contributed by atoms with Gasteiger partial charge in [0.05, 0.1) is 23.1 Å². The maximum Gasteiger partial charge on any atom is 0.223 e. The lowest BCUT2D eigenvalue weighted by atomic mass is 10.3. The first-order valence-electron chi connectivity index (χ1n) is 8.58. The molecule has 0 radical (unpaired) electrons. The van der Waals surface area contributed by atoms with E-state index in [0.717, 1.165) is 22.1 Å². The van der Waals surface area contributed by atoms with Crippen LogP contribution in [0.15, 0.2) is 61.4 Å². The van der Waals surface area contributed by atoms with E-state index in [-0.39, 0.29) is 0 Å². The summed E-state index contributed by atoms with van der Waals surface area (Å²) in [6.45, 7) is 1.31. The zero-order valence-electron chi connectivity index (χ0n) is 14.8. The minimum Gasteiger partial charge on any atom is -0.368 e. The molecule has 0 aliphatic heterocycles. The van der Waals surface area contributed by atoms with Crippen molar-refractivity contribution in [3.05, 3.63) is 66.3 Å². The number of aromatic nitrogens is 5. The van der Waals surface area contributed by atoms with E-state index in [1.54, 1.807) is 31.0 Å². The van der Waals surface area contributed by atoms with Crippen molar-refractivity contribution in [1.29, 1.82) is 5.26 Å². The fourth-order valence-electron chi connectivity index (χ4n) is 2.59. The number of pyridine rings is 1. The number of anilines is 2. The van der Waals surface area contributed by atoms with Crippen molar-refractivity contribution in [2.45, 2.75) is 0 Å². The molecule has 4 aromatic heterocycles. The molecule has 0 aliphatic rings. The SMILES string of the molecule is N#Cc1ccc(-c2nc(NCCNc3ccccn3)ncc2-n2ccnc2)s1. The molecule has 0 spiro atoms. The number of nitrogens with zero attached hydrogens (tertiary/aromatic N) is 6. The largest absolute Gasteiger partial charge is 0.368 e. The van der Waals surface area contributed by atoms with Crippen LogP contribution in [-0.2, 0) is 0 Å². The lowest BCUT2D eigenvalue weighted by Gasteiger charge is -2.11. The monoisotopic (exact) mass is 388 g/mol. The molecule has 0 saturated heterocycles. The first kappa shape index (κ1) is 17.6. The molecule has 9 heteroatoms. The minimum absolute atomic E-state index is 0.522. The van der Waals surface area contributed by atoms with Crippen LogP contribution in [-0.4, -0.2) is 37.6 Å². The van der Waals surface area contributed by atoms with Gasteiger partial charge >= 0.3 is 0 Å². The molecule has 8 nitrogen and oxygen atoms in total. The van der Waals surface area contributed by atoms with Crippen LogP contribution in [0.2, 0.25) is 0 Å². The van der Waals surface area contributed by atoms with Crippen LogP contribution < -0.4 is 10.6 Å². The van der Waals surface area contributed by atoms with Crippen LogP contribution in [0.5, 0.6) is 0 Å². The van der Waals surface area contributed by atoms with Crippen LogP contribution in [0.25, 0.3) is 16.3 Å². The van der Waals surface area contributed by atoms with E-state index in [4.69, 9.17) is 5.26 Å². The molecule has 0 bridgehead atoms. The van der Waals surface area contributed by atoms with Crippen molar-refractivity contribution < 1.29 is 0 Å². The number of imidazole rings is 1. The summed E-state index contributed by atoms with van der Waals surface area (Å²) in [7, 11) is 0. The Bertz CT molecular complexity index is 1080. The third-order valence-electron chi connectivity index (χ3n) is 3.88. The van der Waals surface area contributed by atoms with Gasteiger partial charge in [-0.15, -0.1) is 11.3 Å². The van der Waals surface area contributed by atoms with Crippen molar-refractivity contribution in [2.24, 2.45) is 0 Å². The van der Waals surface area contributed by atoms with Gasteiger partial charge in [0, 0.05) is 31.7 Å². The number of hydrogen-bond acceptors (Lipinski definition) is 8. The van der Waals surface area contributed by atoms with Crippen LogP contribution in [0.3, 0.4) is 0 Å². The zero-order chi connectivity index (χ0) is 19.2. The summed E-state index contributed by atoms with van der Waals surface area (Å²) in [5.41, 5.74) is 1.56. The van der Waals surface area contributed by atoms with E-state index in [2.05, 4.69) is 36.6 Å². The summed E-state index contributed by atoms with van der Waals surface area (Å²) < 4.78 is 1.85. The molecule has 0 fully saturated rings. The van der Waals surface area contributed by atoms with Crippen LogP contribution >= 0.6 is 11.3 Å². The second kappa shape index (κ2) is 8.28. The van der Waals surface area contributed by atoms with Gasteiger partial charge in [-0.1, -0.05) is 6.07 Å². The molecule has 4 rings (SSSR count). The normalized spacial score (nSPS) is 10.4. The Kier molecular flexibility index (Phi) is 5.22. The molecule has 0 atom stereocenters.